The highest BCUT2D eigenvalue weighted by Crippen LogP contribution is 2.30. The lowest BCUT2D eigenvalue weighted by molar-refractivity contribution is 0.840. The first-order chi connectivity index (χ1) is 7.25. The summed E-state index contributed by atoms with van der Waals surface area (Å²) in [5, 5.41) is 4.73. The van der Waals surface area contributed by atoms with Gasteiger partial charge in [-0.25, -0.2) is 0 Å². The minimum Gasteiger partial charge on any atom is -0.346 e. The Labute approximate surface area is 95.3 Å². The van der Waals surface area contributed by atoms with Gasteiger partial charge in [0.2, 0.25) is 0 Å². The minimum absolute atomic E-state index is 0.363. The number of halogens is 1. The Morgan fingerprint density at radius 2 is 2.20 bits per heavy atom. The van der Waals surface area contributed by atoms with Gasteiger partial charge in [-0.1, -0.05) is 23.3 Å². The number of fused-ring (bicyclic) bond motifs is 1. The number of azide groups is 1. The number of nitrogens with zero attached hydrogens (tertiary/aromatic N) is 4. The first kappa shape index (κ1) is 10.1. The fourth-order valence-electron chi connectivity index (χ4n) is 1.67. The molecular formula is C10H9BrN4. The van der Waals surface area contributed by atoms with E-state index in [9.17, 15) is 0 Å². The van der Waals surface area contributed by atoms with Gasteiger partial charge in [-0.3, -0.25) is 0 Å². The monoisotopic (exact) mass is 264 g/mol. The van der Waals surface area contributed by atoms with Crippen molar-refractivity contribution in [3.8, 4) is 0 Å². The maximum Gasteiger partial charge on any atom is 0.0675 e. The minimum atomic E-state index is 0.363. The fourth-order valence-corrected chi connectivity index (χ4v) is 2.40. The summed E-state index contributed by atoms with van der Waals surface area (Å²) >= 11 is 3.53. The summed E-state index contributed by atoms with van der Waals surface area (Å²) in [5.41, 5.74) is 10.4. The van der Waals surface area contributed by atoms with Crippen LogP contribution in [-0.2, 0) is 13.6 Å². The van der Waals surface area contributed by atoms with Gasteiger partial charge >= 0.3 is 0 Å². The van der Waals surface area contributed by atoms with Crippen LogP contribution in [0.4, 0.5) is 0 Å². The molecule has 0 N–H and O–H groups in total. The molecule has 0 fully saturated rings. The van der Waals surface area contributed by atoms with E-state index in [2.05, 4.69) is 26.0 Å². The molecule has 0 aliphatic heterocycles. The average molecular weight is 265 g/mol. The van der Waals surface area contributed by atoms with E-state index in [1.807, 2.05) is 35.9 Å². The van der Waals surface area contributed by atoms with Gasteiger partial charge in [0.05, 0.1) is 6.54 Å². The lowest BCUT2D eigenvalue weighted by atomic mass is 10.2. The number of benzene rings is 1. The molecule has 2 rings (SSSR count). The predicted octanol–water partition coefficient (Wildman–Crippen LogP) is 3.75. The van der Waals surface area contributed by atoms with Gasteiger partial charge in [-0.15, -0.1) is 0 Å². The number of aryl methyl sites for hydroxylation is 1. The second kappa shape index (κ2) is 3.96. The topological polar surface area (TPSA) is 53.7 Å². The molecule has 2 aromatic rings. The van der Waals surface area contributed by atoms with E-state index in [1.165, 1.54) is 0 Å². The molecule has 0 bridgehead atoms. The van der Waals surface area contributed by atoms with E-state index < -0.39 is 0 Å². The Morgan fingerprint density at radius 3 is 2.87 bits per heavy atom. The van der Waals surface area contributed by atoms with Crippen LogP contribution in [0.15, 0.2) is 33.9 Å². The highest BCUT2D eigenvalue weighted by Gasteiger charge is 2.10. The van der Waals surface area contributed by atoms with Crippen LogP contribution in [0, 0.1) is 0 Å². The number of aromatic nitrogens is 1. The van der Waals surface area contributed by atoms with Crippen molar-refractivity contribution in [2.75, 3.05) is 0 Å². The molecule has 0 unspecified atom stereocenters. The number of hydrogen-bond donors (Lipinski definition) is 0. The van der Waals surface area contributed by atoms with E-state index >= 15 is 0 Å². The molecule has 0 radical (unpaired) electrons. The largest absolute Gasteiger partial charge is 0.346 e. The maximum atomic E-state index is 8.32. The summed E-state index contributed by atoms with van der Waals surface area (Å²) < 4.78 is 3.04. The first-order valence-corrected chi connectivity index (χ1v) is 5.27. The van der Waals surface area contributed by atoms with Crippen molar-refractivity contribution < 1.29 is 0 Å². The van der Waals surface area contributed by atoms with Crippen LogP contribution in [0.3, 0.4) is 0 Å². The molecule has 76 valence electrons. The second-order valence-electron chi connectivity index (χ2n) is 3.23. The van der Waals surface area contributed by atoms with Crippen LogP contribution in [0.2, 0.25) is 0 Å². The Kier molecular flexibility index (Phi) is 2.66. The third kappa shape index (κ3) is 1.60. The zero-order valence-corrected chi connectivity index (χ0v) is 9.77. The first-order valence-electron chi connectivity index (χ1n) is 4.48. The quantitative estimate of drug-likeness (QED) is 0.451. The van der Waals surface area contributed by atoms with Gasteiger partial charge < -0.3 is 4.57 Å². The van der Waals surface area contributed by atoms with E-state index in [0.29, 0.717) is 6.54 Å². The Balaban J connectivity index is 2.69. The van der Waals surface area contributed by atoms with E-state index in [-0.39, 0.29) is 0 Å². The molecule has 0 saturated heterocycles. The summed E-state index contributed by atoms with van der Waals surface area (Å²) in [5.74, 6) is 0. The van der Waals surface area contributed by atoms with E-state index in [4.69, 9.17) is 5.53 Å². The van der Waals surface area contributed by atoms with Gasteiger partial charge in [0.1, 0.15) is 0 Å². The molecule has 0 aliphatic carbocycles. The Bertz CT molecular complexity index is 513. The summed E-state index contributed by atoms with van der Waals surface area (Å²) in [6, 6.07) is 8.06. The van der Waals surface area contributed by atoms with Gasteiger partial charge in [-0.2, -0.15) is 0 Å². The zero-order chi connectivity index (χ0) is 10.8. The Morgan fingerprint density at radius 1 is 1.47 bits per heavy atom. The highest BCUT2D eigenvalue weighted by molar-refractivity contribution is 9.10. The molecule has 0 aliphatic rings. The third-order valence-electron chi connectivity index (χ3n) is 2.44. The highest BCUT2D eigenvalue weighted by atomic mass is 79.9. The van der Waals surface area contributed by atoms with E-state index in [0.717, 1.165) is 21.1 Å². The number of hydrogen-bond acceptors (Lipinski definition) is 1. The van der Waals surface area contributed by atoms with Gasteiger partial charge in [0, 0.05) is 33.0 Å². The van der Waals surface area contributed by atoms with Crippen molar-refractivity contribution in [3.05, 3.63) is 44.9 Å². The fraction of sp³-hybridized carbons (Fsp3) is 0.200. The lowest BCUT2D eigenvalue weighted by Crippen LogP contribution is -1.94. The number of para-hydroxylation sites is 1. The Hall–Kier alpha value is -1.45. The van der Waals surface area contributed by atoms with Crippen LogP contribution < -0.4 is 0 Å². The van der Waals surface area contributed by atoms with Gasteiger partial charge in [0.25, 0.3) is 0 Å². The van der Waals surface area contributed by atoms with Crippen molar-refractivity contribution in [3.63, 3.8) is 0 Å². The summed E-state index contributed by atoms with van der Waals surface area (Å²) in [6.45, 7) is 0.363. The van der Waals surface area contributed by atoms with Gasteiger partial charge in [0.15, 0.2) is 0 Å². The normalized spacial score (nSPS) is 10.3. The van der Waals surface area contributed by atoms with Gasteiger partial charge in [-0.05, 0) is 27.5 Å². The lowest BCUT2D eigenvalue weighted by Gasteiger charge is -2.00. The molecule has 4 nitrogen and oxygen atoms in total. The second-order valence-corrected chi connectivity index (χ2v) is 4.02. The van der Waals surface area contributed by atoms with E-state index in [1.54, 1.807) is 0 Å². The molecule has 0 atom stereocenters. The third-order valence-corrected chi connectivity index (χ3v) is 3.33. The summed E-state index contributed by atoms with van der Waals surface area (Å²) in [6.07, 6.45) is 0. The SMILES string of the molecule is Cn1c(CN=[N+]=[N-])c(Br)c2ccccc21. The van der Waals surface area contributed by atoms with Crippen molar-refractivity contribution in [1.29, 1.82) is 0 Å². The van der Waals surface area contributed by atoms with Crippen LogP contribution in [0.1, 0.15) is 5.69 Å². The van der Waals surface area contributed by atoms with Crippen LogP contribution in [0.5, 0.6) is 0 Å². The summed E-state index contributed by atoms with van der Waals surface area (Å²) in [4.78, 5) is 2.77. The average Bonchev–Trinajstić information content (AvgIpc) is 2.51. The summed E-state index contributed by atoms with van der Waals surface area (Å²) in [7, 11) is 1.97. The van der Waals surface area contributed by atoms with Crippen LogP contribution in [-0.4, -0.2) is 4.57 Å². The van der Waals surface area contributed by atoms with Crippen molar-refractivity contribution in [2.24, 2.45) is 12.2 Å². The molecule has 0 amide bonds. The van der Waals surface area contributed by atoms with Crippen LogP contribution in [0.25, 0.3) is 21.3 Å². The number of rotatable bonds is 2. The molecule has 15 heavy (non-hydrogen) atoms. The zero-order valence-electron chi connectivity index (χ0n) is 8.18. The molecule has 1 aromatic heterocycles. The van der Waals surface area contributed by atoms with Crippen molar-refractivity contribution >= 4 is 26.8 Å². The molecule has 1 heterocycles. The van der Waals surface area contributed by atoms with Crippen molar-refractivity contribution in [1.82, 2.24) is 4.57 Å². The smallest absolute Gasteiger partial charge is 0.0675 e. The molecular weight excluding hydrogens is 256 g/mol. The maximum absolute atomic E-state index is 8.32. The standard InChI is InChI=1S/C10H9BrN4/c1-15-8-5-3-2-4-7(8)10(11)9(15)6-13-14-12/h2-5H,6H2,1H3. The molecule has 0 spiro atoms. The molecule has 5 heteroatoms. The molecule has 0 saturated carbocycles. The van der Waals surface area contributed by atoms with Crippen LogP contribution >= 0.6 is 15.9 Å². The molecule has 1 aromatic carbocycles. The predicted molar refractivity (Wildman–Crippen MR) is 63.5 cm³/mol. The van der Waals surface area contributed by atoms with Crippen molar-refractivity contribution in [2.45, 2.75) is 6.54 Å².